The van der Waals surface area contributed by atoms with Crippen molar-refractivity contribution in [2.75, 3.05) is 13.7 Å². The molecule has 13 heavy (non-hydrogen) atoms. The van der Waals surface area contributed by atoms with E-state index in [0.29, 0.717) is 5.70 Å². The summed E-state index contributed by atoms with van der Waals surface area (Å²) < 4.78 is 4.32. The summed E-state index contributed by atoms with van der Waals surface area (Å²) in [4.78, 5) is 20.6. The molecule has 0 atom stereocenters. The Balaban J connectivity index is 0. The second-order valence-electron chi connectivity index (χ2n) is 2.10. The molecule has 0 rings (SSSR count). The molecule has 0 aromatic heterocycles. The fourth-order valence-corrected chi connectivity index (χ4v) is 0.502. The van der Waals surface area contributed by atoms with Crippen LogP contribution in [0.2, 0.25) is 0 Å². The van der Waals surface area contributed by atoms with Gasteiger partial charge in [-0.2, -0.15) is 0 Å². The molecule has 0 bridgehead atoms. The van der Waals surface area contributed by atoms with Crippen LogP contribution in [0.4, 0.5) is 0 Å². The molecule has 0 unspecified atom stereocenters. The third-order valence-electron chi connectivity index (χ3n) is 1.05. The number of hydrogen-bond acceptors (Lipinski definition) is 4. The number of allylic oxidation sites excluding steroid dienone is 1. The van der Waals surface area contributed by atoms with Crippen molar-refractivity contribution in [3.8, 4) is 0 Å². The Labute approximate surface area is 119 Å². The van der Waals surface area contributed by atoms with Crippen LogP contribution in [-0.4, -0.2) is 82.1 Å². The molecule has 70 valence electrons. The van der Waals surface area contributed by atoms with Crippen molar-refractivity contribution in [2.45, 2.75) is 6.92 Å². The van der Waals surface area contributed by atoms with Gasteiger partial charge in [-0.15, -0.1) is 0 Å². The van der Waals surface area contributed by atoms with E-state index in [1.54, 1.807) is 6.92 Å². The number of nitrogens with one attached hydrogen (secondary N) is 1. The predicted octanol–water partition coefficient (Wildman–Crippen LogP) is -0.911. The van der Waals surface area contributed by atoms with E-state index in [1.165, 1.54) is 13.2 Å². The van der Waals surface area contributed by atoms with Crippen molar-refractivity contribution in [1.82, 2.24) is 5.32 Å². The summed E-state index contributed by atoms with van der Waals surface area (Å²) in [7, 11) is 1.25. The van der Waals surface area contributed by atoms with Gasteiger partial charge in [-0.25, -0.2) is 4.79 Å². The van der Waals surface area contributed by atoms with Crippen LogP contribution < -0.4 is 5.32 Å². The molecule has 2 N–H and O–H groups in total. The Morgan fingerprint density at radius 1 is 1.54 bits per heavy atom. The van der Waals surface area contributed by atoms with Crippen molar-refractivity contribution in [2.24, 2.45) is 0 Å². The Kier molecular flexibility index (Phi) is 10.4. The number of carboxylic acids is 1. The van der Waals surface area contributed by atoms with Gasteiger partial charge in [0.15, 0.2) is 0 Å². The number of ether oxygens (including phenoxy) is 1. The average Bonchev–Trinajstić information content (AvgIpc) is 2.00. The van der Waals surface area contributed by atoms with Gasteiger partial charge in [-0.1, -0.05) is 0 Å². The first kappa shape index (κ1) is 15.6. The second-order valence-corrected chi connectivity index (χ2v) is 2.10. The standard InChI is InChI=1S/C7H11NO4.K.H/c1-5(3-7(11)12-2)8-4-6(9)10;;/h3,8H,4H2,1-2H3,(H,9,10);;/b5-3+;;. The predicted molar refractivity (Wildman–Crippen MR) is 48.6 cm³/mol. The Bertz CT molecular complexity index is 215. The van der Waals surface area contributed by atoms with Crippen LogP contribution in [0.1, 0.15) is 6.92 Å². The normalized spacial score (nSPS) is 9.85. The van der Waals surface area contributed by atoms with Crippen LogP contribution >= 0.6 is 0 Å². The van der Waals surface area contributed by atoms with Gasteiger partial charge in [0.1, 0.15) is 6.54 Å². The van der Waals surface area contributed by atoms with Crippen LogP contribution in [-0.2, 0) is 14.3 Å². The van der Waals surface area contributed by atoms with Gasteiger partial charge in [-0.05, 0) is 6.92 Å². The van der Waals surface area contributed by atoms with E-state index < -0.39 is 11.9 Å². The summed E-state index contributed by atoms with van der Waals surface area (Å²) in [6, 6.07) is 0. The van der Waals surface area contributed by atoms with E-state index in [1.807, 2.05) is 0 Å². The molecule has 0 heterocycles. The number of aliphatic carboxylic acids is 1. The minimum absolute atomic E-state index is 0. The number of esters is 1. The summed E-state index contributed by atoms with van der Waals surface area (Å²) in [6.07, 6.45) is 1.18. The molecule has 0 radical (unpaired) electrons. The molecule has 0 spiro atoms. The van der Waals surface area contributed by atoms with Gasteiger partial charge in [0.25, 0.3) is 0 Å². The molecular weight excluding hydrogens is 201 g/mol. The monoisotopic (exact) mass is 213 g/mol. The zero-order valence-corrected chi connectivity index (χ0v) is 6.96. The first-order valence-electron chi connectivity index (χ1n) is 3.28. The first-order valence-corrected chi connectivity index (χ1v) is 3.28. The number of carbonyl (C=O) groups excluding carboxylic acids is 1. The molecule has 5 nitrogen and oxygen atoms in total. The van der Waals surface area contributed by atoms with E-state index in [4.69, 9.17) is 5.11 Å². The van der Waals surface area contributed by atoms with Crippen molar-refractivity contribution >= 4 is 63.3 Å². The minimum atomic E-state index is -0.979. The second kappa shape index (κ2) is 8.70. The number of carbonyl (C=O) groups is 2. The van der Waals surface area contributed by atoms with E-state index >= 15 is 0 Å². The summed E-state index contributed by atoms with van der Waals surface area (Å²) in [5, 5.41) is 10.8. The quantitative estimate of drug-likeness (QED) is 0.359. The van der Waals surface area contributed by atoms with Gasteiger partial charge in [0.05, 0.1) is 7.11 Å². The summed E-state index contributed by atoms with van der Waals surface area (Å²) >= 11 is 0. The molecule has 0 amide bonds. The van der Waals surface area contributed by atoms with E-state index in [2.05, 4.69) is 10.1 Å². The van der Waals surface area contributed by atoms with Crippen LogP contribution in [0.25, 0.3) is 0 Å². The third kappa shape index (κ3) is 10.0. The molecule has 0 aliphatic rings. The Morgan fingerprint density at radius 3 is 2.46 bits per heavy atom. The van der Waals surface area contributed by atoms with Gasteiger partial charge in [-0.3, -0.25) is 4.79 Å². The summed E-state index contributed by atoms with van der Waals surface area (Å²) in [6.45, 7) is 1.37. The fourth-order valence-electron chi connectivity index (χ4n) is 0.502. The SMILES string of the molecule is COC(=O)/C=C(\C)NCC(=O)O.[KH]. The molecule has 6 heteroatoms. The van der Waals surface area contributed by atoms with E-state index in [9.17, 15) is 9.59 Å². The zero-order chi connectivity index (χ0) is 9.56. The molecule has 0 aromatic rings. The molecule has 0 fully saturated rings. The third-order valence-corrected chi connectivity index (χ3v) is 1.05. The number of methoxy groups -OCH3 is 1. The van der Waals surface area contributed by atoms with Crippen LogP contribution in [0.5, 0.6) is 0 Å². The van der Waals surface area contributed by atoms with Gasteiger partial charge in [0, 0.05) is 11.8 Å². The summed E-state index contributed by atoms with van der Waals surface area (Å²) in [5.74, 6) is -1.49. The maximum atomic E-state index is 10.6. The average molecular weight is 213 g/mol. The van der Waals surface area contributed by atoms with E-state index in [-0.39, 0.29) is 57.9 Å². The number of carboxylic acid groups (broad SMARTS) is 1. The van der Waals surface area contributed by atoms with Crippen molar-refractivity contribution in [3.63, 3.8) is 0 Å². The molecular formula is C7H12KNO4. The van der Waals surface area contributed by atoms with E-state index in [0.717, 1.165) is 0 Å². The topological polar surface area (TPSA) is 75.6 Å². The van der Waals surface area contributed by atoms with Crippen LogP contribution in [0, 0.1) is 0 Å². The number of hydrogen-bond donors (Lipinski definition) is 2. The van der Waals surface area contributed by atoms with Crippen molar-refractivity contribution in [3.05, 3.63) is 11.8 Å². The first-order chi connectivity index (χ1) is 5.56. The Morgan fingerprint density at radius 2 is 2.08 bits per heavy atom. The fraction of sp³-hybridized carbons (Fsp3) is 0.429. The number of rotatable bonds is 4. The molecule has 0 saturated carbocycles. The van der Waals surface area contributed by atoms with Crippen LogP contribution in [0.15, 0.2) is 11.8 Å². The molecule has 0 aromatic carbocycles. The summed E-state index contributed by atoms with van der Waals surface area (Å²) in [5.41, 5.74) is 0.462. The molecule has 0 saturated heterocycles. The molecule has 0 aliphatic carbocycles. The Hall–Kier alpha value is 0.116. The van der Waals surface area contributed by atoms with Gasteiger partial charge < -0.3 is 15.2 Å². The van der Waals surface area contributed by atoms with Crippen molar-refractivity contribution < 1.29 is 19.4 Å². The maximum absolute atomic E-state index is 10.6. The van der Waals surface area contributed by atoms with Gasteiger partial charge in [0.2, 0.25) is 0 Å². The van der Waals surface area contributed by atoms with Gasteiger partial charge >= 0.3 is 63.3 Å². The van der Waals surface area contributed by atoms with Crippen LogP contribution in [0.3, 0.4) is 0 Å². The van der Waals surface area contributed by atoms with Crippen molar-refractivity contribution in [1.29, 1.82) is 0 Å². The molecule has 0 aliphatic heterocycles. The zero-order valence-electron chi connectivity index (χ0n) is 6.96.